The SMILES string of the molecule is Cl.NNC(=O)NCC=C(Cl)Cl. The Bertz CT molecular complexity index is 146. The highest BCUT2D eigenvalue weighted by molar-refractivity contribution is 6.55. The number of nitrogens with two attached hydrogens (primary N) is 1. The number of hydrogen-bond acceptors (Lipinski definition) is 2. The van der Waals surface area contributed by atoms with Crippen molar-refractivity contribution in [3.05, 3.63) is 10.6 Å². The van der Waals surface area contributed by atoms with Gasteiger partial charge >= 0.3 is 6.03 Å². The molecule has 7 heteroatoms. The number of carbonyl (C=O) groups excluding carboxylic acids is 1. The summed E-state index contributed by atoms with van der Waals surface area (Å²) in [5, 5.41) is 2.34. The lowest BCUT2D eigenvalue weighted by molar-refractivity contribution is 0.242. The number of nitrogens with one attached hydrogen (secondary N) is 2. The van der Waals surface area contributed by atoms with Crippen molar-refractivity contribution in [1.29, 1.82) is 0 Å². The largest absolute Gasteiger partial charge is 0.333 e. The molecule has 0 aliphatic heterocycles. The summed E-state index contributed by atoms with van der Waals surface area (Å²) in [6.45, 7) is 0.255. The first-order valence-corrected chi connectivity index (χ1v) is 3.18. The summed E-state index contributed by atoms with van der Waals surface area (Å²) in [6.07, 6.45) is 1.43. The molecule has 0 aromatic rings. The first-order chi connectivity index (χ1) is 4.66. The Morgan fingerprint density at radius 3 is 2.45 bits per heavy atom. The molecule has 0 radical (unpaired) electrons. The van der Waals surface area contributed by atoms with Gasteiger partial charge in [-0.1, -0.05) is 23.2 Å². The summed E-state index contributed by atoms with van der Waals surface area (Å²) >= 11 is 10.5. The molecule has 0 rings (SSSR count). The van der Waals surface area contributed by atoms with Crippen molar-refractivity contribution in [2.75, 3.05) is 6.54 Å². The van der Waals surface area contributed by atoms with Gasteiger partial charge in [0.15, 0.2) is 0 Å². The van der Waals surface area contributed by atoms with Gasteiger partial charge in [0.2, 0.25) is 0 Å². The second-order valence-corrected chi connectivity index (χ2v) is 2.36. The molecule has 0 atom stereocenters. The van der Waals surface area contributed by atoms with Gasteiger partial charge in [0.1, 0.15) is 4.49 Å². The summed E-state index contributed by atoms with van der Waals surface area (Å²) < 4.78 is 0.109. The second kappa shape index (κ2) is 7.94. The van der Waals surface area contributed by atoms with Crippen molar-refractivity contribution < 1.29 is 4.79 Å². The van der Waals surface area contributed by atoms with Crippen LogP contribution < -0.4 is 16.6 Å². The van der Waals surface area contributed by atoms with Crippen LogP contribution in [-0.2, 0) is 0 Å². The Morgan fingerprint density at radius 2 is 2.09 bits per heavy atom. The van der Waals surface area contributed by atoms with Gasteiger partial charge in [-0.2, -0.15) is 0 Å². The fourth-order valence-electron chi connectivity index (χ4n) is 0.272. The molecule has 0 aliphatic rings. The van der Waals surface area contributed by atoms with Gasteiger partial charge < -0.3 is 5.32 Å². The number of halogens is 3. The molecule has 0 aromatic carbocycles. The van der Waals surface area contributed by atoms with E-state index in [-0.39, 0.29) is 23.4 Å². The van der Waals surface area contributed by atoms with Crippen LogP contribution in [0.15, 0.2) is 10.6 Å². The third-order valence-corrected chi connectivity index (χ3v) is 0.959. The quantitative estimate of drug-likeness (QED) is 0.368. The highest BCUT2D eigenvalue weighted by Gasteiger charge is 1.91. The van der Waals surface area contributed by atoms with Gasteiger partial charge in [-0.3, -0.25) is 5.43 Å². The number of hydrazine groups is 1. The zero-order chi connectivity index (χ0) is 7.98. The van der Waals surface area contributed by atoms with E-state index in [9.17, 15) is 4.79 Å². The number of carbonyl (C=O) groups is 1. The molecule has 0 heterocycles. The van der Waals surface area contributed by atoms with Gasteiger partial charge in [0, 0.05) is 6.54 Å². The Kier molecular flexibility index (Phi) is 9.70. The minimum absolute atomic E-state index is 0. The predicted octanol–water partition coefficient (Wildman–Crippen LogP) is 0.900. The fourth-order valence-corrected chi connectivity index (χ4v) is 0.426. The summed E-state index contributed by atoms with van der Waals surface area (Å²) in [5.41, 5.74) is 1.87. The predicted molar refractivity (Wildman–Crippen MR) is 47.8 cm³/mol. The highest BCUT2D eigenvalue weighted by atomic mass is 35.5. The summed E-state index contributed by atoms with van der Waals surface area (Å²) in [4.78, 5) is 10.3. The topological polar surface area (TPSA) is 67.1 Å². The van der Waals surface area contributed by atoms with E-state index >= 15 is 0 Å². The Hall–Kier alpha value is -0.160. The van der Waals surface area contributed by atoms with Crippen LogP contribution in [0, 0.1) is 0 Å². The zero-order valence-electron chi connectivity index (χ0n) is 5.43. The molecular formula is C4H8Cl3N3O. The number of amides is 2. The van der Waals surface area contributed by atoms with Crippen LogP contribution in [0.5, 0.6) is 0 Å². The molecule has 2 amide bonds. The van der Waals surface area contributed by atoms with E-state index < -0.39 is 6.03 Å². The summed E-state index contributed by atoms with van der Waals surface area (Å²) in [6, 6.07) is -0.481. The van der Waals surface area contributed by atoms with E-state index in [1.54, 1.807) is 0 Å². The van der Waals surface area contributed by atoms with Crippen LogP contribution in [-0.4, -0.2) is 12.6 Å². The number of urea groups is 1. The third kappa shape index (κ3) is 9.84. The molecule has 11 heavy (non-hydrogen) atoms. The highest BCUT2D eigenvalue weighted by Crippen LogP contribution is 2.03. The lowest BCUT2D eigenvalue weighted by Gasteiger charge is -1.97. The lowest BCUT2D eigenvalue weighted by atomic mass is 10.6. The van der Waals surface area contributed by atoms with Crippen LogP contribution in [0.2, 0.25) is 0 Å². The first kappa shape index (κ1) is 13.4. The van der Waals surface area contributed by atoms with Gasteiger partial charge in [-0.05, 0) is 6.08 Å². The van der Waals surface area contributed by atoms with E-state index in [1.165, 1.54) is 6.08 Å². The number of rotatable bonds is 2. The molecular weight excluding hydrogens is 212 g/mol. The summed E-state index contributed by atoms with van der Waals surface area (Å²) in [5.74, 6) is 4.74. The molecule has 4 nitrogen and oxygen atoms in total. The monoisotopic (exact) mass is 219 g/mol. The Labute approximate surface area is 80.5 Å². The fraction of sp³-hybridized carbons (Fsp3) is 0.250. The van der Waals surface area contributed by atoms with Crippen LogP contribution >= 0.6 is 35.6 Å². The Morgan fingerprint density at radius 1 is 1.55 bits per heavy atom. The smallest absolute Gasteiger partial charge is 0.329 e. The van der Waals surface area contributed by atoms with E-state index in [1.807, 2.05) is 5.43 Å². The molecule has 4 N–H and O–H groups in total. The van der Waals surface area contributed by atoms with Crippen molar-refractivity contribution in [2.45, 2.75) is 0 Å². The van der Waals surface area contributed by atoms with Crippen LogP contribution in [0.3, 0.4) is 0 Å². The molecule has 0 aliphatic carbocycles. The van der Waals surface area contributed by atoms with Crippen molar-refractivity contribution in [3.63, 3.8) is 0 Å². The molecule has 66 valence electrons. The second-order valence-electron chi connectivity index (χ2n) is 1.35. The van der Waals surface area contributed by atoms with Gasteiger partial charge in [0.05, 0.1) is 0 Å². The zero-order valence-corrected chi connectivity index (χ0v) is 7.76. The molecule has 0 spiro atoms. The van der Waals surface area contributed by atoms with Crippen LogP contribution in [0.4, 0.5) is 4.79 Å². The van der Waals surface area contributed by atoms with Gasteiger partial charge in [-0.25, -0.2) is 10.6 Å². The van der Waals surface area contributed by atoms with Crippen molar-refractivity contribution >= 4 is 41.6 Å². The van der Waals surface area contributed by atoms with E-state index in [0.29, 0.717) is 0 Å². The van der Waals surface area contributed by atoms with Crippen LogP contribution in [0.25, 0.3) is 0 Å². The molecule has 0 bridgehead atoms. The molecule has 0 aromatic heterocycles. The maximum absolute atomic E-state index is 10.3. The maximum atomic E-state index is 10.3. The lowest BCUT2D eigenvalue weighted by Crippen LogP contribution is -2.39. The van der Waals surface area contributed by atoms with Crippen molar-refractivity contribution in [2.24, 2.45) is 5.84 Å². The minimum atomic E-state index is -0.481. The van der Waals surface area contributed by atoms with Gasteiger partial charge in [-0.15, -0.1) is 12.4 Å². The maximum Gasteiger partial charge on any atom is 0.329 e. The molecule has 0 saturated heterocycles. The average Bonchev–Trinajstić information content (AvgIpc) is 1.87. The Balaban J connectivity index is 0. The third-order valence-electron chi connectivity index (χ3n) is 0.650. The normalized spacial score (nSPS) is 7.55. The van der Waals surface area contributed by atoms with Crippen molar-refractivity contribution in [1.82, 2.24) is 10.7 Å². The van der Waals surface area contributed by atoms with E-state index in [2.05, 4.69) is 5.32 Å². The number of hydrogen-bond donors (Lipinski definition) is 3. The standard InChI is InChI=1S/C4H7Cl2N3O.ClH/c5-3(6)1-2-8-4(10)9-7;/h1H,2,7H2,(H2,8,9,10);1H. The minimum Gasteiger partial charge on any atom is -0.333 e. The average molecular weight is 220 g/mol. The van der Waals surface area contributed by atoms with E-state index in [4.69, 9.17) is 29.0 Å². The first-order valence-electron chi connectivity index (χ1n) is 2.42. The van der Waals surface area contributed by atoms with E-state index in [0.717, 1.165) is 0 Å². The van der Waals surface area contributed by atoms with Crippen LogP contribution in [0.1, 0.15) is 0 Å². The van der Waals surface area contributed by atoms with Crippen molar-refractivity contribution in [3.8, 4) is 0 Å². The molecule has 0 unspecified atom stereocenters. The summed E-state index contributed by atoms with van der Waals surface area (Å²) in [7, 11) is 0. The molecule has 0 fully saturated rings. The van der Waals surface area contributed by atoms with Gasteiger partial charge in [0.25, 0.3) is 0 Å². The molecule has 0 saturated carbocycles.